The maximum atomic E-state index is 13.7. The van der Waals surface area contributed by atoms with Crippen LogP contribution in [0.4, 0.5) is 0 Å². The highest BCUT2D eigenvalue weighted by Gasteiger charge is 2.32. The molecule has 1 aliphatic heterocycles. The fourth-order valence-electron chi connectivity index (χ4n) is 6.27. The first kappa shape index (κ1) is 31.7. The van der Waals surface area contributed by atoms with Crippen LogP contribution in [0.2, 0.25) is 0 Å². The number of piperazine rings is 1. The van der Waals surface area contributed by atoms with Gasteiger partial charge < -0.3 is 10.0 Å². The number of nitrogens with zero attached hydrogens (tertiary/aromatic N) is 4. The molecule has 1 aliphatic rings. The van der Waals surface area contributed by atoms with Gasteiger partial charge in [0.2, 0.25) is 5.91 Å². The lowest BCUT2D eigenvalue weighted by Crippen LogP contribution is -2.54. The topological polar surface area (TPSA) is 78.7 Å². The van der Waals surface area contributed by atoms with Crippen molar-refractivity contribution in [3.63, 3.8) is 0 Å². The SMILES string of the molecule is CCCCCCCCCCCCCC(=O)N1CCN(C(C)c2nc3ccccc3c(=O)n2-c2ccccc2O)CC1C. The fraction of sp³-hybridized carbons (Fsp3) is 0.571. The van der Waals surface area contributed by atoms with E-state index in [1.54, 1.807) is 28.8 Å². The molecule has 1 aromatic heterocycles. The molecule has 228 valence electrons. The minimum atomic E-state index is -0.196. The van der Waals surface area contributed by atoms with Crippen molar-refractivity contribution in [2.75, 3.05) is 19.6 Å². The van der Waals surface area contributed by atoms with Crippen LogP contribution in [-0.2, 0) is 4.79 Å². The number of amides is 1. The Balaban J connectivity index is 1.33. The summed E-state index contributed by atoms with van der Waals surface area (Å²) in [6.45, 7) is 8.50. The molecule has 7 nitrogen and oxygen atoms in total. The van der Waals surface area contributed by atoms with Crippen LogP contribution < -0.4 is 5.56 Å². The molecule has 2 heterocycles. The second kappa shape index (κ2) is 15.9. The molecule has 2 aromatic carbocycles. The second-order valence-corrected chi connectivity index (χ2v) is 12.0. The molecule has 1 amide bonds. The van der Waals surface area contributed by atoms with E-state index in [1.807, 2.05) is 29.2 Å². The molecule has 42 heavy (non-hydrogen) atoms. The highest BCUT2D eigenvalue weighted by Crippen LogP contribution is 2.28. The Hall–Kier alpha value is -3.19. The zero-order valence-electron chi connectivity index (χ0n) is 25.9. The number of hydrogen-bond acceptors (Lipinski definition) is 5. The number of phenolic OH excluding ortho intramolecular Hbond substituents is 1. The van der Waals surface area contributed by atoms with E-state index in [4.69, 9.17) is 4.98 Å². The maximum Gasteiger partial charge on any atom is 0.266 e. The highest BCUT2D eigenvalue weighted by atomic mass is 16.3. The van der Waals surface area contributed by atoms with Gasteiger partial charge in [-0.2, -0.15) is 0 Å². The van der Waals surface area contributed by atoms with E-state index in [0.29, 0.717) is 48.5 Å². The fourth-order valence-corrected chi connectivity index (χ4v) is 6.27. The number of carbonyl (C=O) groups is 1. The van der Waals surface area contributed by atoms with E-state index < -0.39 is 0 Å². The molecule has 2 atom stereocenters. The molecule has 0 bridgehead atoms. The average molecular weight is 575 g/mol. The molecule has 0 aliphatic carbocycles. The zero-order chi connectivity index (χ0) is 29.9. The largest absolute Gasteiger partial charge is 0.506 e. The van der Waals surface area contributed by atoms with Crippen molar-refractivity contribution in [2.45, 2.75) is 110 Å². The Morgan fingerprint density at radius 3 is 2.19 bits per heavy atom. The summed E-state index contributed by atoms with van der Waals surface area (Å²) in [5, 5.41) is 11.2. The van der Waals surface area contributed by atoms with Crippen LogP contribution in [0.1, 0.15) is 110 Å². The van der Waals surface area contributed by atoms with Gasteiger partial charge in [-0.3, -0.25) is 19.1 Å². The molecular weight excluding hydrogens is 524 g/mol. The van der Waals surface area contributed by atoms with E-state index in [1.165, 1.54) is 57.8 Å². The Labute approximate surface area is 251 Å². The molecular formula is C35H50N4O3. The van der Waals surface area contributed by atoms with Gasteiger partial charge in [0.05, 0.1) is 22.6 Å². The first-order chi connectivity index (χ1) is 20.4. The molecule has 0 spiro atoms. The van der Waals surface area contributed by atoms with Crippen LogP contribution in [0, 0.1) is 0 Å². The van der Waals surface area contributed by atoms with Gasteiger partial charge in [0.25, 0.3) is 5.56 Å². The number of benzene rings is 2. The van der Waals surface area contributed by atoms with Crippen LogP contribution in [0.15, 0.2) is 53.3 Å². The van der Waals surface area contributed by atoms with Crippen molar-refractivity contribution in [1.82, 2.24) is 19.4 Å². The molecule has 2 unspecified atom stereocenters. The predicted molar refractivity (Wildman–Crippen MR) is 171 cm³/mol. The summed E-state index contributed by atoms with van der Waals surface area (Å²) in [5.41, 5.74) is 0.874. The molecule has 1 N–H and O–H groups in total. The van der Waals surface area contributed by atoms with E-state index in [2.05, 4.69) is 25.7 Å². The second-order valence-electron chi connectivity index (χ2n) is 12.0. The number of unbranched alkanes of at least 4 members (excludes halogenated alkanes) is 10. The van der Waals surface area contributed by atoms with Crippen molar-refractivity contribution in [2.24, 2.45) is 0 Å². The standard InChI is InChI=1S/C35H50N4O3/c1-4-5-6-7-8-9-10-11-12-13-14-23-33(41)38-25-24-37(26-27(38)2)28(3)34-36-30-20-16-15-19-29(30)35(42)39(34)31-21-17-18-22-32(31)40/h15-22,27-28,40H,4-14,23-26H2,1-3H3. The third kappa shape index (κ3) is 8.00. The van der Waals surface area contributed by atoms with Crippen molar-refractivity contribution >= 4 is 16.8 Å². The summed E-state index contributed by atoms with van der Waals surface area (Å²) >= 11 is 0. The summed E-state index contributed by atoms with van der Waals surface area (Å²) in [6, 6.07) is 14.1. The number of phenols is 1. The number of rotatable bonds is 15. The zero-order valence-corrected chi connectivity index (χ0v) is 25.9. The van der Waals surface area contributed by atoms with E-state index in [9.17, 15) is 14.7 Å². The molecule has 0 saturated carbocycles. The molecule has 1 saturated heterocycles. The molecule has 7 heteroatoms. The van der Waals surface area contributed by atoms with Crippen LogP contribution in [0.3, 0.4) is 0 Å². The quantitative estimate of drug-likeness (QED) is 0.192. The first-order valence-electron chi connectivity index (χ1n) is 16.3. The van der Waals surface area contributed by atoms with Gasteiger partial charge in [-0.1, -0.05) is 95.4 Å². The normalized spacial score (nSPS) is 16.6. The Kier molecular flexibility index (Phi) is 12.0. The van der Waals surface area contributed by atoms with Gasteiger partial charge in [-0.05, 0) is 44.5 Å². The third-order valence-corrected chi connectivity index (χ3v) is 8.82. The first-order valence-corrected chi connectivity index (χ1v) is 16.3. The summed E-state index contributed by atoms with van der Waals surface area (Å²) in [5.74, 6) is 0.880. The summed E-state index contributed by atoms with van der Waals surface area (Å²) < 4.78 is 1.55. The Morgan fingerprint density at radius 2 is 1.52 bits per heavy atom. The predicted octanol–water partition coefficient (Wildman–Crippen LogP) is 7.39. The summed E-state index contributed by atoms with van der Waals surface area (Å²) in [4.78, 5) is 36.0. The molecule has 0 radical (unpaired) electrons. The van der Waals surface area contributed by atoms with Crippen LogP contribution in [0.25, 0.3) is 16.6 Å². The smallest absolute Gasteiger partial charge is 0.266 e. The minimum Gasteiger partial charge on any atom is -0.506 e. The number of aromatic nitrogens is 2. The number of carbonyl (C=O) groups excluding carboxylic acids is 1. The Morgan fingerprint density at radius 1 is 0.905 bits per heavy atom. The molecule has 1 fully saturated rings. The summed E-state index contributed by atoms with van der Waals surface area (Å²) in [7, 11) is 0. The van der Waals surface area contributed by atoms with Crippen LogP contribution in [-0.4, -0.2) is 56.0 Å². The van der Waals surface area contributed by atoms with Crippen LogP contribution >= 0.6 is 0 Å². The van der Waals surface area contributed by atoms with Gasteiger partial charge >= 0.3 is 0 Å². The number of aromatic hydroxyl groups is 1. The third-order valence-electron chi connectivity index (χ3n) is 8.82. The van der Waals surface area contributed by atoms with Crippen molar-refractivity contribution in [3.05, 3.63) is 64.7 Å². The average Bonchev–Trinajstić information content (AvgIpc) is 3.00. The van der Waals surface area contributed by atoms with Gasteiger partial charge in [-0.25, -0.2) is 4.98 Å². The maximum absolute atomic E-state index is 13.7. The van der Waals surface area contributed by atoms with E-state index in [-0.39, 0.29) is 29.3 Å². The minimum absolute atomic E-state index is 0.0383. The number of para-hydroxylation sites is 3. The van der Waals surface area contributed by atoms with Gasteiger partial charge in [0.1, 0.15) is 11.6 Å². The Bertz CT molecular complexity index is 1350. The molecule has 4 rings (SSSR count). The van der Waals surface area contributed by atoms with Crippen molar-refractivity contribution in [1.29, 1.82) is 0 Å². The number of hydrogen-bond donors (Lipinski definition) is 1. The lowest BCUT2D eigenvalue weighted by atomic mass is 10.0. The van der Waals surface area contributed by atoms with Gasteiger partial charge in [0, 0.05) is 32.1 Å². The lowest BCUT2D eigenvalue weighted by Gasteiger charge is -2.42. The number of fused-ring (bicyclic) bond motifs is 1. The molecule has 3 aromatic rings. The van der Waals surface area contributed by atoms with E-state index >= 15 is 0 Å². The van der Waals surface area contributed by atoms with Gasteiger partial charge in [0.15, 0.2) is 0 Å². The summed E-state index contributed by atoms with van der Waals surface area (Å²) in [6.07, 6.45) is 14.7. The van der Waals surface area contributed by atoms with Crippen molar-refractivity contribution in [3.8, 4) is 11.4 Å². The highest BCUT2D eigenvalue weighted by molar-refractivity contribution is 5.78. The monoisotopic (exact) mass is 574 g/mol. The van der Waals surface area contributed by atoms with Crippen molar-refractivity contribution < 1.29 is 9.90 Å². The van der Waals surface area contributed by atoms with E-state index in [0.717, 1.165) is 12.8 Å². The van der Waals surface area contributed by atoms with Gasteiger partial charge in [-0.15, -0.1) is 0 Å². The van der Waals surface area contributed by atoms with Crippen LogP contribution in [0.5, 0.6) is 5.75 Å². The lowest BCUT2D eigenvalue weighted by molar-refractivity contribution is -0.136.